The third-order valence-electron chi connectivity index (χ3n) is 5.36. The predicted octanol–water partition coefficient (Wildman–Crippen LogP) is 6.63. The standard InChI is InChI=1S/C28H23FN2O4S2/c1-17-6-8-18(9-7-17)23-15-37-27(25(23)28(34)35-2)31-24(32)16-36-22-5-3-4-21(14-22)30-26(33)19-10-12-20(29)13-11-19/h3-15H,16H2,1-2H3,(H,30,33)(H,31,32). The number of halogens is 1. The maximum Gasteiger partial charge on any atom is 0.341 e. The van der Waals surface area contributed by atoms with Crippen molar-refractivity contribution in [2.24, 2.45) is 0 Å². The zero-order chi connectivity index (χ0) is 26.4. The number of methoxy groups -OCH3 is 1. The van der Waals surface area contributed by atoms with Crippen molar-refractivity contribution in [1.82, 2.24) is 0 Å². The van der Waals surface area contributed by atoms with Gasteiger partial charge < -0.3 is 15.4 Å². The van der Waals surface area contributed by atoms with Crippen molar-refractivity contribution in [3.05, 3.63) is 101 Å². The summed E-state index contributed by atoms with van der Waals surface area (Å²) < 4.78 is 18.1. The number of benzene rings is 3. The van der Waals surface area contributed by atoms with Crippen LogP contribution in [0.15, 0.2) is 83.1 Å². The highest BCUT2D eigenvalue weighted by Crippen LogP contribution is 2.36. The Hall–Kier alpha value is -3.95. The summed E-state index contributed by atoms with van der Waals surface area (Å²) in [7, 11) is 1.31. The summed E-state index contributed by atoms with van der Waals surface area (Å²) >= 11 is 2.55. The molecule has 0 aliphatic rings. The highest BCUT2D eigenvalue weighted by molar-refractivity contribution is 8.00. The Labute approximate surface area is 221 Å². The van der Waals surface area contributed by atoms with E-state index in [1.165, 1.54) is 54.5 Å². The van der Waals surface area contributed by atoms with Gasteiger partial charge in [-0.25, -0.2) is 9.18 Å². The van der Waals surface area contributed by atoms with Crippen LogP contribution in [0.1, 0.15) is 26.3 Å². The predicted molar refractivity (Wildman–Crippen MR) is 146 cm³/mol. The smallest absolute Gasteiger partial charge is 0.341 e. The minimum Gasteiger partial charge on any atom is -0.465 e. The van der Waals surface area contributed by atoms with Crippen LogP contribution >= 0.6 is 23.1 Å². The van der Waals surface area contributed by atoms with E-state index in [1.807, 2.05) is 42.6 Å². The average Bonchev–Trinajstić information content (AvgIpc) is 3.31. The maximum atomic E-state index is 13.1. The highest BCUT2D eigenvalue weighted by atomic mass is 32.2. The molecule has 37 heavy (non-hydrogen) atoms. The lowest BCUT2D eigenvalue weighted by Crippen LogP contribution is -2.16. The van der Waals surface area contributed by atoms with Gasteiger partial charge in [0.15, 0.2) is 0 Å². The van der Waals surface area contributed by atoms with Gasteiger partial charge in [0, 0.05) is 27.1 Å². The average molecular weight is 535 g/mol. The first-order chi connectivity index (χ1) is 17.8. The molecular weight excluding hydrogens is 511 g/mol. The first kappa shape index (κ1) is 26.1. The monoisotopic (exact) mass is 534 g/mol. The number of thiophene rings is 1. The fourth-order valence-corrected chi connectivity index (χ4v) is 5.21. The minimum atomic E-state index is -0.524. The van der Waals surface area contributed by atoms with Crippen molar-refractivity contribution in [2.45, 2.75) is 11.8 Å². The Morgan fingerprint density at radius 1 is 0.973 bits per heavy atom. The Kier molecular flexibility index (Phi) is 8.37. The molecule has 0 radical (unpaired) electrons. The van der Waals surface area contributed by atoms with E-state index in [4.69, 9.17) is 4.74 Å². The molecule has 1 heterocycles. The van der Waals surface area contributed by atoms with Gasteiger partial charge >= 0.3 is 5.97 Å². The second-order valence-corrected chi connectivity index (χ2v) is 9.97. The van der Waals surface area contributed by atoms with E-state index in [0.717, 1.165) is 16.0 Å². The van der Waals surface area contributed by atoms with Gasteiger partial charge in [0.2, 0.25) is 5.91 Å². The summed E-state index contributed by atoms with van der Waals surface area (Å²) in [5.74, 6) is -1.50. The number of ether oxygens (including phenoxy) is 1. The van der Waals surface area contributed by atoms with Crippen molar-refractivity contribution in [2.75, 3.05) is 23.5 Å². The summed E-state index contributed by atoms with van der Waals surface area (Å²) in [5.41, 5.74) is 3.86. The minimum absolute atomic E-state index is 0.0910. The van der Waals surface area contributed by atoms with Crippen LogP contribution in [0.3, 0.4) is 0 Å². The second kappa shape index (κ2) is 11.9. The molecule has 0 saturated carbocycles. The summed E-state index contributed by atoms with van der Waals surface area (Å²) in [6.45, 7) is 1.98. The third-order valence-corrected chi connectivity index (χ3v) is 7.25. The highest BCUT2D eigenvalue weighted by Gasteiger charge is 2.22. The Bertz CT molecular complexity index is 1430. The first-order valence-corrected chi connectivity index (χ1v) is 13.1. The van der Waals surface area contributed by atoms with E-state index >= 15 is 0 Å². The molecule has 0 aliphatic heterocycles. The van der Waals surface area contributed by atoms with E-state index in [2.05, 4.69) is 10.6 Å². The topological polar surface area (TPSA) is 84.5 Å². The first-order valence-electron chi connectivity index (χ1n) is 11.2. The second-order valence-electron chi connectivity index (χ2n) is 8.04. The van der Waals surface area contributed by atoms with Crippen molar-refractivity contribution in [3.63, 3.8) is 0 Å². The molecule has 0 fully saturated rings. The molecule has 2 amide bonds. The van der Waals surface area contributed by atoms with Crippen LogP contribution in [-0.4, -0.2) is 30.6 Å². The van der Waals surface area contributed by atoms with Gasteiger partial charge in [0.25, 0.3) is 5.91 Å². The number of thioether (sulfide) groups is 1. The normalized spacial score (nSPS) is 10.6. The van der Waals surface area contributed by atoms with Crippen molar-refractivity contribution < 1.29 is 23.5 Å². The van der Waals surface area contributed by atoms with Gasteiger partial charge in [0.05, 0.1) is 12.9 Å². The van der Waals surface area contributed by atoms with Crippen LogP contribution in [0, 0.1) is 12.7 Å². The fourth-order valence-electron chi connectivity index (χ4n) is 3.48. The molecule has 0 bridgehead atoms. The molecule has 188 valence electrons. The number of nitrogens with one attached hydrogen (secondary N) is 2. The van der Waals surface area contributed by atoms with Crippen LogP contribution in [0.25, 0.3) is 11.1 Å². The number of aryl methyl sites for hydroxylation is 1. The van der Waals surface area contributed by atoms with E-state index in [1.54, 1.807) is 18.2 Å². The largest absolute Gasteiger partial charge is 0.465 e. The van der Waals surface area contributed by atoms with Gasteiger partial charge in [-0.2, -0.15) is 0 Å². The van der Waals surface area contributed by atoms with Gasteiger partial charge in [-0.15, -0.1) is 23.1 Å². The summed E-state index contributed by atoms with van der Waals surface area (Å²) in [4.78, 5) is 38.4. The van der Waals surface area contributed by atoms with E-state index in [0.29, 0.717) is 27.4 Å². The van der Waals surface area contributed by atoms with E-state index in [9.17, 15) is 18.8 Å². The van der Waals surface area contributed by atoms with Gasteiger partial charge in [-0.05, 0) is 55.0 Å². The van der Waals surface area contributed by atoms with Gasteiger partial charge in [0.1, 0.15) is 16.4 Å². The van der Waals surface area contributed by atoms with Gasteiger partial charge in [-0.1, -0.05) is 35.9 Å². The molecule has 0 aliphatic carbocycles. The zero-order valence-electron chi connectivity index (χ0n) is 20.0. The number of hydrogen-bond donors (Lipinski definition) is 2. The van der Waals surface area contributed by atoms with Crippen molar-refractivity contribution in [3.8, 4) is 11.1 Å². The number of amides is 2. The summed E-state index contributed by atoms with van der Waals surface area (Å²) in [6, 6.07) is 20.1. The van der Waals surface area contributed by atoms with E-state index < -0.39 is 11.8 Å². The number of hydrogen-bond acceptors (Lipinski definition) is 6. The SMILES string of the molecule is COC(=O)c1c(-c2ccc(C)cc2)csc1NC(=O)CSc1cccc(NC(=O)c2ccc(F)cc2)c1. The lowest BCUT2D eigenvalue weighted by Gasteiger charge is -2.09. The molecule has 9 heteroatoms. The van der Waals surface area contributed by atoms with Crippen LogP contribution in [0.4, 0.5) is 15.1 Å². The van der Waals surface area contributed by atoms with Crippen LogP contribution in [0.5, 0.6) is 0 Å². The van der Waals surface area contributed by atoms with Crippen LogP contribution < -0.4 is 10.6 Å². The zero-order valence-corrected chi connectivity index (χ0v) is 21.7. The summed E-state index contributed by atoms with van der Waals surface area (Å²) in [6.07, 6.45) is 0. The molecule has 1 aromatic heterocycles. The van der Waals surface area contributed by atoms with Crippen molar-refractivity contribution in [1.29, 1.82) is 0 Å². The van der Waals surface area contributed by atoms with Crippen LogP contribution in [-0.2, 0) is 9.53 Å². The molecule has 2 N–H and O–H groups in total. The fraction of sp³-hybridized carbons (Fsp3) is 0.107. The molecule has 0 saturated heterocycles. The molecule has 4 aromatic rings. The number of rotatable bonds is 8. The number of anilines is 2. The number of esters is 1. The molecule has 6 nitrogen and oxygen atoms in total. The number of carbonyl (C=O) groups excluding carboxylic acids is 3. The Balaban J connectivity index is 1.41. The maximum absolute atomic E-state index is 13.1. The number of carbonyl (C=O) groups is 3. The Morgan fingerprint density at radius 2 is 1.70 bits per heavy atom. The summed E-state index contributed by atoms with van der Waals surface area (Å²) in [5, 5.41) is 7.85. The van der Waals surface area contributed by atoms with Crippen molar-refractivity contribution >= 4 is 51.6 Å². The lowest BCUT2D eigenvalue weighted by molar-refractivity contribution is -0.113. The van der Waals surface area contributed by atoms with E-state index in [-0.39, 0.29) is 17.6 Å². The van der Waals surface area contributed by atoms with Crippen LogP contribution in [0.2, 0.25) is 0 Å². The molecule has 4 rings (SSSR count). The molecule has 0 spiro atoms. The lowest BCUT2D eigenvalue weighted by atomic mass is 10.0. The molecular formula is C28H23FN2O4S2. The van der Waals surface area contributed by atoms with Gasteiger partial charge in [-0.3, -0.25) is 9.59 Å². The molecule has 3 aromatic carbocycles. The molecule has 0 atom stereocenters. The quantitative estimate of drug-likeness (QED) is 0.196. The molecule has 0 unspecified atom stereocenters. The Morgan fingerprint density at radius 3 is 2.41 bits per heavy atom. The third kappa shape index (κ3) is 6.63.